The topological polar surface area (TPSA) is 46.0 Å². The summed E-state index contributed by atoms with van der Waals surface area (Å²) in [5.74, 6) is 0. The Labute approximate surface area is 130 Å². The van der Waals surface area contributed by atoms with Crippen LogP contribution in [0.5, 0.6) is 0 Å². The van der Waals surface area contributed by atoms with Crippen LogP contribution in [-0.2, 0) is 6.42 Å². The fraction of sp³-hybridized carbons (Fsp3) is 0.167. The minimum absolute atomic E-state index is 0.472. The largest absolute Gasteiger partial charge is 0.386 e. The maximum absolute atomic E-state index is 10.2. The van der Waals surface area contributed by atoms with Crippen molar-refractivity contribution in [3.05, 3.63) is 55.4 Å². The summed E-state index contributed by atoms with van der Waals surface area (Å²) in [5.41, 5.74) is 1.58. The quantitative estimate of drug-likeness (QED) is 0.789. The van der Waals surface area contributed by atoms with Crippen LogP contribution in [0.2, 0.25) is 0 Å². The molecule has 2 aromatic heterocycles. The van der Waals surface area contributed by atoms with Gasteiger partial charge in [-0.05, 0) is 65.5 Å². The van der Waals surface area contributed by atoms with Gasteiger partial charge in [-0.2, -0.15) is 0 Å². The van der Waals surface area contributed by atoms with Crippen LogP contribution in [0.3, 0.4) is 0 Å². The monoisotopic (exact) mass is 434 g/mol. The lowest BCUT2D eigenvalue weighted by atomic mass is 10.1. The number of hydrogen-bond acceptors (Lipinski definition) is 3. The van der Waals surface area contributed by atoms with E-state index in [0.29, 0.717) is 12.1 Å². The lowest BCUT2D eigenvalue weighted by molar-refractivity contribution is 0.172. The molecule has 1 N–H and O–H groups in total. The summed E-state index contributed by atoms with van der Waals surface area (Å²) in [7, 11) is 0. The molecule has 0 fully saturated rings. The standard InChI is InChI=1S/C12H9Br3N2O/c13-8-1-7(4-16-5-8)2-11(18)12-10(15)3-9(14)6-17-12/h1,3-6,11,18H,2H2. The summed E-state index contributed by atoms with van der Waals surface area (Å²) in [4.78, 5) is 8.29. The van der Waals surface area contributed by atoms with Gasteiger partial charge in [-0.1, -0.05) is 0 Å². The Morgan fingerprint density at radius 1 is 1.06 bits per heavy atom. The average Bonchev–Trinajstić information content (AvgIpc) is 2.28. The van der Waals surface area contributed by atoms with Crippen molar-refractivity contribution in [1.29, 1.82) is 0 Å². The molecule has 2 heterocycles. The van der Waals surface area contributed by atoms with E-state index in [4.69, 9.17) is 0 Å². The third-order valence-electron chi connectivity index (χ3n) is 2.34. The van der Waals surface area contributed by atoms with E-state index >= 15 is 0 Å². The molecule has 94 valence electrons. The fourth-order valence-corrected chi connectivity index (χ4v) is 3.22. The number of aromatic nitrogens is 2. The summed E-state index contributed by atoms with van der Waals surface area (Å²) in [5, 5.41) is 10.2. The normalized spacial score (nSPS) is 12.4. The van der Waals surface area contributed by atoms with Gasteiger partial charge >= 0.3 is 0 Å². The Hall–Kier alpha value is -0.300. The Bertz CT molecular complexity index is 563. The van der Waals surface area contributed by atoms with E-state index in [1.54, 1.807) is 18.6 Å². The zero-order chi connectivity index (χ0) is 13.1. The number of aliphatic hydroxyl groups excluding tert-OH is 1. The third-order valence-corrected chi connectivity index (χ3v) is 3.84. The molecule has 1 atom stereocenters. The first-order chi connectivity index (χ1) is 8.56. The summed E-state index contributed by atoms with van der Waals surface area (Å²) in [6, 6.07) is 3.80. The highest BCUT2D eigenvalue weighted by Crippen LogP contribution is 2.26. The molecule has 0 amide bonds. The molecule has 1 unspecified atom stereocenters. The maximum atomic E-state index is 10.2. The molecular formula is C12H9Br3N2O. The molecule has 0 radical (unpaired) electrons. The Balaban J connectivity index is 2.19. The van der Waals surface area contributed by atoms with Crippen LogP contribution in [0.4, 0.5) is 0 Å². The van der Waals surface area contributed by atoms with Gasteiger partial charge in [-0.25, -0.2) is 0 Å². The first-order valence-corrected chi connectivity index (χ1v) is 7.52. The lowest BCUT2D eigenvalue weighted by Crippen LogP contribution is -2.05. The first-order valence-electron chi connectivity index (χ1n) is 5.14. The number of nitrogens with zero attached hydrogens (tertiary/aromatic N) is 2. The van der Waals surface area contributed by atoms with Crippen LogP contribution in [0.15, 0.2) is 44.1 Å². The smallest absolute Gasteiger partial charge is 0.101 e. The van der Waals surface area contributed by atoms with E-state index < -0.39 is 6.10 Å². The van der Waals surface area contributed by atoms with Crippen molar-refractivity contribution in [3.63, 3.8) is 0 Å². The number of aliphatic hydroxyl groups is 1. The highest BCUT2D eigenvalue weighted by molar-refractivity contribution is 9.11. The average molecular weight is 437 g/mol. The highest BCUT2D eigenvalue weighted by atomic mass is 79.9. The predicted molar refractivity (Wildman–Crippen MR) is 80.2 cm³/mol. The van der Waals surface area contributed by atoms with Gasteiger partial charge in [0.2, 0.25) is 0 Å². The van der Waals surface area contributed by atoms with Crippen molar-refractivity contribution in [3.8, 4) is 0 Å². The minimum atomic E-state index is -0.663. The molecule has 18 heavy (non-hydrogen) atoms. The fourth-order valence-electron chi connectivity index (χ4n) is 1.56. The molecule has 0 spiro atoms. The second-order valence-electron chi connectivity index (χ2n) is 3.75. The van der Waals surface area contributed by atoms with Gasteiger partial charge in [0, 0.05) is 38.4 Å². The second kappa shape index (κ2) is 6.23. The van der Waals surface area contributed by atoms with E-state index in [0.717, 1.165) is 19.0 Å². The van der Waals surface area contributed by atoms with Gasteiger partial charge in [-0.3, -0.25) is 9.97 Å². The summed E-state index contributed by atoms with van der Waals surface area (Å²) in [6.45, 7) is 0. The Morgan fingerprint density at radius 3 is 2.44 bits per heavy atom. The van der Waals surface area contributed by atoms with Gasteiger partial charge in [0.1, 0.15) is 6.10 Å². The highest BCUT2D eigenvalue weighted by Gasteiger charge is 2.14. The van der Waals surface area contributed by atoms with Crippen molar-refractivity contribution in [2.75, 3.05) is 0 Å². The third kappa shape index (κ3) is 3.60. The lowest BCUT2D eigenvalue weighted by Gasteiger charge is -2.12. The van der Waals surface area contributed by atoms with Gasteiger partial charge in [0.05, 0.1) is 5.69 Å². The van der Waals surface area contributed by atoms with E-state index in [-0.39, 0.29) is 0 Å². The number of hydrogen-bond donors (Lipinski definition) is 1. The van der Waals surface area contributed by atoms with Crippen molar-refractivity contribution in [1.82, 2.24) is 9.97 Å². The molecule has 0 aliphatic carbocycles. The predicted octanol–water partition coefficient (Wildman–Crippen LogP) is 4.04. The van der Waals surface area contributed by atoms with E-state index in [1.165, 1.54) is 0 Å². The zero-order valence-corrected chi connectivity index (χ0v) is 13.9. The van der Waals surface area contributed by atoms with Crippen LogP contribution in [0.1, 0.15) is 17.4 Å². The van der Waals surface area contributed by atoms with Crippen molar-refractivity contribution in [2.45, 2.75) is 12.5 Å². The molecule has 0 aromatic carbocycles. The van der Waals surface area contributed by atoms with E-state index in [2.05, 4.69) is 57.8 Å². The van der Waals surface area contributed by atoms with E-state index in [9.17, 15) is 5.11 Å². The van der Waals surface area contributed by atoms with Crippen LogP contribution in [0, 0.1) is 0 Å². The summed E-state index contributed by atoms with van der Waals surface area (Å²) in [6.07, 6.45) is 4.93. The Morgan fingerprint density at radius 2 is 1.78 bits per heavy atom. The molecule has 3 nitrogen and oxygen atoms in total. The Kier molecular flexibility index (Phi) is 4.89. The molecule has 0 saturated carbocycles. The molecule has 0 aliphatic rings. The zero-order valence-electron chi connectivity index (χ0n) is 9.15. The first kappa shape index (κ1) is 14.1. The molecule has 2 aromatic rings. The van der Waals surface area contributed by atoms with Gasteiger partial charge in [0.15, 0.2) is 0 Å². The van der Waals surface area contributed by atoms with E-state index in [1.807, 2.05) is 12.1 Å². The summed E-state index contributed by atoms with van der Waals surface area (Å²) < 4.78 is 2.55. The molecule has 2 rings (SSSR count). The molecule has 0 saturated heterocycles. The number of rotatable bonds is 3. The van der Waals surface area contributed by atoms with Crippen molar-refractivity contribution in [2.24, 2.45) is 0 Å². The molecule has 0 bridgehead atoms. The maximum Gasteiger partial charge on any atom is 0.101 e. The van der Waals surface area contributed by atoms with Crippen molar-refractivity contribution < 1.29 is 5.11 Å². The molecule has 0 aliphatic heterocycles. The number of halogens is 3. The minimum Gasteiger partial charge on any atom is -0.386 e. The SMILES string of the molecule is OC(Cc1cncc(Br)c1)c1ncc(Br)cc1Br. The molecule has 6 heteroatoms. The summed E-state index contributed by atoms with van der Waals surface area (Å²) >= 11 is 10.1. The van der Waals surface area contributed by atoms with Crippen LogP contribution in [-0.4, -0.2) is 15.1 Å². The second-order valence-corrected chi connectivity index (χ2v) is 6.44. The van der Waals surface area contributed by atoms with Crippen LogP contribution in [0.25, 0.3) is 0 Å². The van der Waals surface area contributed by atoms with Gasteiger partial charge < -0.3 is 5.11 Å². The van der Waals surface area contributed by atoms with Gasteiger partial charge in [0.25, 0.3) is 0 Å². The van der Waals surface area contributed by atoms with Gasteiger partial charge in [-0.15, -0.1) is 0 Å². The van der Waals surface area contributed by atoms with Crippen molar-refractivity contribution >= 4 is 47.8 Å². The van der Waals surface area contributed by atoms with Crippen LogP contribution >= 0.6 is 47.8 Å². The molecular weight excluding hydrogens is 428 g/mol. The number of pyridine rings is 2. The van der Waals surface area contributed by atoms with Crippen LogP contribution < -0.4 is 0 Å².